The van der Waals surface area contributed by atoms with Crippen molar-refractivity contribution in [3.8, 4) is 0 Å². The van der Waals surface area contributed by atoms with Gasteiger partial charge in [-0.3, -0.25) is 9.78 Å². The number of nitrogens with zero attached hydrogens (tertiary/aromatic N) is 3. The fraction of sp³-hybridized carbons (Fsp3) is 0.188. The molecule has 1 N–H and O–H groups in total. The van der Waals surface area contributed by atoms with E-state index in [-0.39, 0.29) is 5.91 Å². The maximum Gasteiger partial charge on any atom is 0.254 e. The number of carbonyl (C=O) groups is 1. The van der Waals surface area contributed by atoms with Crippen molar-refractivity contribution in [1.82, 2.24) is 19.9 Å². The Morgan fingerprint density at radius 3 is 3.14 bits per heavy atom. The van der Waals surface area contributed by atoms with E-state index in [1.165, 1.54) is 0 Å². The van der Waals surface area contributed by atoms with Crippen LogP contribution in [0.2, 0.25) is 0 Å². The number of H-pyrrole nitrogens is 1. The van der Waals surface area contributed by atoms with E-state index in [9.17, 15) is 4.79 Å². The molecule has 0 saturated carbocycles. The molecule has 1 aliphatic heterocycles. The summed E-state index contributed by atoms with van der Waals surface area (Å²) in [6.45, 7) is 1.34. The van der Waals surface area contributed by atoms with Crippen LogP contribution in [-0.2, 0) is 13.0 Å². The van der Waals surface area contributed by atoms with Crippen molar-refractivity contribution in [3.05, 3.63) is 59.7 Å². The smallest absolute Gasteiger partial charge is 0.254 e. The number of hydrogen-bond donors (Lipinski definition) is 1. The van der Waals surface area contributed by atoms with E-state index in [0.29, 0.717) is 18.7 Å². The lowest BCUT2D eigenvalue weighted by Crippen LogP contribution is -2.36. The third-order valence-electron chi connectivity index (χ3n) is 3.92. The molecule has 1 aromatic carbocycles. The van der Waals surface area contributed by atoms with Gasteiger partial charge in [-0.15, -0.1) is 0 Å². The van der Waals surface area contributed by atoms with Gasteiger partial charge in [-0.05, 0) is 29.8 Å². The third-order valence-corrected chi connectivity index (χ3v) is 3.92. The minimum atomic E-state index is 0.0565. The summed E-state index contributed by atoms with van der Waals surface area (Å²) >= 11 is 0. The van der Waals surface area contributed by atoms with Crippen LogP contribution in [0.5, 0.6) is 0 Å². The second kappa shape index (κ2) is 4.70. The molecule has 104 valence electrons. The van der Waals surface area contributed by atoms with Crippen molar-refractivity contribution in [2.75, 3.05) is 6.54 Å². The van der Waals surface area contributed by atoms with Gasteiger partial charge in [-0.25, -0.2) is 4.98 Å². The first-order valence-electron chi connectivity index (χ1n) is 6.96. The Morgan fingerprint density at radius 1 is 1.24 bits per heavy atom. The molecule has 21 heavy (non-hydrogen) atoms. The van der Waals surface area contributed by atoms with Crippen molar-refractivity contribution >= 4 is 16.9 Å². The Hall–Kier alpha value is -2.69. The average Bonchev–Trinajstić information content (AvgIpc) is 3.01. The van der Waals surface area contributed by atoms with E-state index in [0.717, 1.165) is 28.7 Å². The summed E-state index contributed by atoms with van der Waals surface area (Å²) in [7, 11) is 0. The van der Waals surface area contributed by atoms with E-state index in [2.05, 4.69) is 15.0 Å². The van der Waals surface area contributed by atoms with Gasteiger partial charge in [0.15, 0.2) is 0 Å². The molecule has 1 aliphatic rings. The highest BCUT2D eigenvalue weighted by molar-refractivity contribution is 5.97. The third kappa shape index (κ3) is 2.07. The lowest BCUT2D eigenvalue weighted by molar-refractivity contribution is 0.0733. The zero-order chi connectivity index (χ0) is 14.2. The zero-order valence-electron chi connectivity index (χ0n) is 11.4. The van der Waals surface area contributed by atoms with Gasteiger partial charge in [0.2, 0.25) is 0 Å². The maximum atomic E-state index is 12.6. The molecule has 0 radical (unpaired) electrons. The van der Waals surface area contributed by atoms with E-state index < -0.39 is 0 Å². The molecule has 0 bridgehead atoms. The number of benzene rings is 1. The summed E-state index contributed by atoms with van der Waals surface area (Å²) in [5.74, 6) is 0.0565. The zero-order valence-corrected chi connectivity index (χ0v) is 11.4. The number of amides is 1. The van der Waals surface area contributed by atoms with E-state index >= 15 is 0 Å². The quantitative estimate of drug-likeness (QED) is 0.742. The summed E-state index contributed by atoms with van der Waals surface area (Å²) in [5.41, 5.74) is 4.70. The number of hydrogen-bond acceptors (Lipinski definition) is 3. The lowest BCUT2D eigenvalue weighted by atomic mass is 10.0. The summed E-state index contributed by atoms with van der Waals surface area (Å²) in [4.78, 5) is 26.1. The van der Waals surface area contributed by atoms with Crippen LogP contribution in [0.3, 0.4) is 0 Å². The molecule has 0 aliphatic carbocycles. The number of imidazole rings is 1. The molecular weight excluding hydrogens is 264 g/mol. The maximum absolute atomic E-state index is 12.6. The highest BCUT2D eigenvalue weighted by Gasteiger charge is 2.22. The van der Waals surface area contributed by atoms with Gasteiger partial charge in [-0.2, -0.15) is 0 Å². The highest BCUT2D eigenvalue weighted by atomic mass is 16.2. The van der Waals surface area contributed by atoms with Crippen LogP contribution in [0.25, 0.3) is 11.0 Å². The first kappa shape index (κ1) is 12.1. The van der Waals surface area contributed by atoms with Crippen molar-refractivity contribution in [2.24, 2.45) is 0 Å². The van der Waals surface area contributed by atoms with Crippen molar-refractivity contribution in [1.29, 1.82) is 0 Å². The van der Waals surface area contributed by atoms with Crippen LogP contribution in [0.4, 0.5) is 0 Å². The number of aromatic nitrogens is 3. The number of fused-ring (bicyclic) bond motifs is 2. The molecule has 5 nitrogen and oxygen atoms in total. The Labute approximate surface area is 121 Å². The Bertz CT molecular complexity index is 824. The number of pyridine rings is 1. The molecule has 0 unspecified atom stereocenters. The van der Waals surface area contributed by atoms with Crippen LogP contribution in [0, 0.1) is 0 Å². The van der Waals surface area contributed by atoms with Crippen LogP contribution in [-0.4, -0.2) is 32.3 Å². The van der Waals surface area contributed by atoms with Crippen LogP contribution in [0.1, 0.15) is 21.6 Å². The van der Waals surface area contributed by atoms with Crippen LogP contribution >= 0.6 is 0 Å². The predicted molar refractivity (Wildman–Crippen MR) is 78.8 cm³/mol. The number of nitrogens with one attached hydrogen (secondary N) is 1. The molecule has 0 saturated heterocycles. The van der Waals surface area contributed by atoms with Crippen molar-refractivity contribution < 1.29 is 4.79 Å². The predicted octanol–water partition coefficient (Wildman–Crippen LogP) is 2.16. The fourth-order valence-corrected chi connectivity index (χ4v) is 2.79. The minimum absolute atomic E-state index is 0.0565. The number of carbonyl (C=O) groups excluding carboxylic acids is 1. The molecule has 0 fully saturated rings. The SMILES string of the molecule is O=C(c1ccc2nc[nH]c2c1)N1CCc2ncccc2C1. The molecule has 1 amide bonds. The molecule has 2 aromatic heterocycles. The first-order valence-corrected chi connectivity index (χ1v) is 6.96. The Kier molecular flexibility index (Phi) is 2.70. The van der Waals surface area contributed by atoms with Crippen LogP contribution < -0.4 is 0 Å². The van der Waals surface area contributed by atoms with Gasteiger partial charge < -0.3 is 9.88 Å². The second-order valence-electron chi connectivity index (χ2n) is 5.22. The molecule has 4 rings (SSSR count). The summed E-state index contributed by atoms with van der Waals surface area (Å²) in [5, 5.41) is 0. The summed E-state index contributed by atoms with van der Waals surface area (Å²) in [6, 6.07) is 9.54. The molecular formula is C16H14N4O. The summed E-state index contributed by atoms with van der Waals surface area (Å²) < 4.78 is 0. The molecule has 0 atom stereocenters. The van der Waals surface area contributed by atoms with E-state index in [1.54, 1.807) is 6.33 Å². The van der Waals surface area contributed by atoms with E-state index in [1.807, 2.05) is 41.4 Å². The standard InChI is InChI=1S/C16H14N4O/c21-16(11-3-4-14-15(8-11)19-10-18-14)20-7-5-13-12(9-20)2-1-6-17-13/h1-4,6,8,10H,5,7,9H2,(H,18,19). The number of rotatable bonds is 1. The molecule has 3 heterocycles. The monoisotopic (exact) mass is 278 g/mol. The first-order chi connectivity index (χ1) is 10.3. The topological polar surface area (TPSA) is 61.9 Å². The van der Waals surface area contributed by atoms with Gasteiger partial charge in [0, 0.05) is 37.0 Å². The molecule has 0 spiro atoms. The number of aromatic amines is 1. The Morgan fingerprint density at radius 2 is 2.19 bits per heavy atom. The van der Waals surface area contributed by atoms with Gasteiger partial charge >= 0.3 is 0 Å². The lowest BCUT2D eigenvalue weighted by Gasteiger charge is -2.28. The highest BCUT2D eigenvalue weighted by Crippen LogP contribution is 2.20. The second-order valence-corrected chi connectivity index (χ2v) is 5.22. The normalized spacial score (nSPS) is 14.2. The van der Waals surface area contributed by atoms with E-state index in [4.69, 9.17) is 0 Å². The summed E-state index contributed by atoms with van der Waals surface area (Å²) in [6.07, 6.45) is 4.26. The minimum Gasteiger partial charge on any atom is -0.345 e. The van der Waals surface area contributed by atoms with Crippen molar-refractivity contribution in [2.45, 2.75) is 13.0 Å². The molecule has 3 aromatic rings. The molecule has 5 heteroatoms. The van der Waals surface area contributed by atoms with Gasteiger partial charge in [-0.1, -0.05) is 6.07 Å². The fourth-order valence-electron chi connectivity index (χ4n) is 2.79. The van der Waals surface area contributed by atoms with Crippen LogP contribution in [0.15, 0.2) is 42.9 Å². The van der Waals surface area contributed by atoms with Gasteiger partial charge in [0.05, 0.1) is 17.4 Å². The van der Waals surface area contributed by atoms with Gasteiger partial charge in [0.1, 0.15) is 0 Å². The Balaban J connectivity index is 1.63. The largest absolute Gasteiger partial charge is 0.345 e. The van der Waals surface area contributed by atoms with Gasteiger partial charge in [0.25, 0.3) is 5.91 Å². The van der Waals surface area contributed by atoms with Crippen molar-refractivity contribution in [3.63, 3.8) is 0 Å². The average molecular weight is 278 g/mol.